The van der Waals surface area contributed by atoms with Gasteiger partial charge in [0, 0.05) is 6.08 Å². The lowest BCUT2D eigenvalue weighted by Gasteiger charge is -1.99. The Morgan fingerprint density at radius 1 is 1.56 bits per heavy atom. The standard InChI is InChI=1S/C7H12O2/c1-4-9-7(3)5-6(2)8/h5H,4H2,1-3H3/b7-5-. The quantitative estimate of drug-likeness (QED) is 0.425. The maximum atomic E-state index is 10.4. The van der Waals surface area contributed by atoms with Crippen molar-refractivity contribution in [1.82, 2.24) is 0 Å². The molecule has 0 aliphatic carbocycles. The van der Waals surface area contributed by atoms with E-state index in [9.17, 15) is 4.79 Å². The van der Waals surface area contributed by atoms with Crippen LogP contribution in [0.1, 0.15) is 20.8 Å². The second-order valence-electron chi connectivity index (χ2n) is 1.80. The SMILES string of the molecule is CCO/C(C)=C\C(C)=O. The molecule has 2 nitrogen and oxygen atoms in total. The van der Waals surface area contributed by atoms with Crippen molar-refractivity contribution in [2.24, 2.45) is 0 Å². The normalized spacial score (nSPS) is 11.2. The van der Waals surface area contributed by atoms with Crippen molar-refractivity contribution in [2.45, 2.75) is 20.8 Å². The molecule has 0 saturated heterocycles. The molecule has 0 fully saturated rings. The van der Waals surface area contributed by atoms with Gasteiger partial charge in [0.1, 0.15) is 0 Å². The fraction of sp³-hybridized carbons (Fsp3) is 0.571. The second-order valence-corrected chi connectivity index (χ2v) is 1.80. The van der Waals surface area contributed by atoms with Crippen LogP contribution in [0.15, 0.2) is 11.8 Å². The Morgan fingerprint density at radius 3 is 2.44 bits per heavy atom. The van der Waals surface area contributed by atoms with Crippen LogP contribution in [0, 0.1) is 0 Å². The van der Waals surface area contributed by atoms with Crippen molar-refractivity contribution in [2.75, 3.05) is 6.61 Å². The van der Waals surface area contributed by atoms with E-state index in [4.69, 9.17) is 4.74 Å². The first-order valence-electron chi connectivity index (χ1n) is 2.98. The molecule has 0 amide bonds. The minimum absolute atomic E-state index is 0.0287. The van der Waals surface area contributed by atoms with Gasteiger partial charge in [0.25, 0.3) is 0 Å². The zero-order chi connectivity index (χ0) is 7.28. The summed E-state index contributed by atoms with van der Waals surface area (Å²) < 4.78 is 4.99. The molecule has 0 unspecified atom stereocenters. The maximum absolute atomic E-state index is 10.4. The summed E-state index contributed by atoms with van der Waals surface area (Å²) in [6.45, 7) is 5.78. The van der Waals surface area contributed by atoms with E-state index < -0.39 is 0 Å². The minimum Gasteiger partial charge on any atom is -0.498 e. The highest BCUT2D eigenvalue weighted by atomic mass is 16.5. The van der Waals surface area contributed by atoms with Gasteiger partial charge in [-0.2, -0.15) is 0 Å². The molecule has 0 radical (unpaired) electrons. The fourth-order valence-corrected chi connectivity index (χ4v) is 0.556. The van der Waals surface area contributed by atoms with E-state index in [0.29, 0.717) is 12.4 Å². The van der Waals surface area contributed by atoms with E-state index in [0.717, 1.165) is 0 Å². The van der Waals surface area contributed by atoms with Gasteiger partial charge >= 0.3 is 0 Å². The van der Waals surface area contributed by atoms with Gasteiger partial charge < -0.3 is 4.74 Å². The molecule has 0 spiro atoms. The van der Waals surface area contributed by atoms with Crippen LogP contribution in [0.25, 0.3) is 0 Å². The van der Waals surface area contributed by atoms with Crippen molar-refractivity contribution in [3.63, 3.8) is 0 Å². The summed E-state index contributed by atoms with van der Waals surface area (Å²) in [6.07, 6.45) is 1.48. The molecule has 0 aromatic heterocycles. The van der Waals surface area contributed by atoms with E-state index in [1.54, 1.807) is 6.92 Å². The average molecular weight is 128 g/mol. The van der Waals surface area contributed by atoms with Crippen molar-refractivity contribution < 1.29 is 9.53 Å². The third kappa shape index (κ3) is 5.07. The third-order valence-electron chi connectivity index (χ3n) is 0.779. The molecule has 0 bridgehead atoms. The van der Waals surface area contributed by atoms with Gasteiger partial charge in [0.2, 0.25) is 0 Å². The van der Waals surface area contributed by atoms with Gasteiger partial charge in [-0.1, -0.05) is 0 Å². The van der Waals surface area contributed by atoms with Crippen molar-refractivity contribution in [3.05, 3.63) is 11.8 Å². The number of hydrogen-bond acceptors (Lipinski definition) is 2. The Bertz CT molecular complexity index is 125. The summed E-state index contributed by atoms with van der Waals surface area (Å²) in [7, 11) is 0. The molecule has 0 atom stereocenters. The number of hydrogen-bond donors (Lipinski definition) is 0. The van der Waals surface area contributed by atoms with Gasteiger partial charge in [-0.3, -0.25) is 4.79 Å². The molecule has 2 heteroatoms. The Hall–Kier alpha value is -0.790. The van der Waals surface area contributed by atoms with Crippen LogP contribution in [0.4, 0.5) is 0 Å². The van der Waals surface area contributed by atoms with Gasteiger partial charge in [0.05, 0.1) is 12.4 Å². The third-order valence-corrected chi connectivity index (χ3v) is 0.779. The number of ketones is 1. The van der Waals surface area contributed by atoms with Gasteiger partial charge in [0.15, 0.2) is 5.78 Å². The monoisotopic (exact) mass is 128 g/mol. The fourth-order valence-electron chi connectivity index (χ4n) is 0.556. The van der Waals surface area contributed by atoms with Crippen LogP contribution in [0.2, 0.25) is 0 Å². The molecule has 0 saturated carbocycles. The Kier molecular flexibility index (Phi) is 3.76. The molecule has 0 aromatic rings. The molecule has 9 heavy (non-hydrogen) atoms. The molecule has 0 aliphatic heterocycles. The molecule has 52 valence electrons. The Labute approximate surface area is 55.5 Å². The second kappa shape index (κ2) is 4.13. The first kappa shape index (κ1) is 8.21. The smallest absolute Gasteiger partial charge is 0.155 e. The van der Waals surface area contributed by atoms with E-state index in [1.165, 1.54) is 13.0 Å². The maximum Gasteiger partial charge on any atom is 0.155 e. The van der Waals surface area contributed by atoms with Crippen LogP contribution in [-0.2, 0) is 9.53 Å². The van der Waals surface area contributed by atoms with Gasteiger partial charge in [-0.25, -0.2) is 0 Å². The lowest BCUT2D eigenvalue weighted by Crippen LogP contribution is -1.90. The van der Waals surface area contributed by atoms with Gasteiger partial charge in [-0.15, -0.1) is 0 Å². The summed E-state index contributed by atoms with van der Waals surface area (Å²) in [5.74, 6) is 0.714. The lowest BCUT2D eigenvalue weighted by atomic mass is 10.4. The largest absolute Gasteiger partial charge is 0.498 e. The molecule has 0 aromatic carbocycles. The summed E-state index contributed by atoms with van der Waals surface area (Å²) in [5, 5.41) is 0. The Morgan fingerprint density at radius 2 is 2.11 bits per heavy atom. The predicted molar refractivity (Wildman–Crippen MR) is 36.1 cm³/mol. The van der Waals surface area contributed by atoms with E-state index in [2.05, 4.69) is 0 Å². The first-order valence-corrected chi connectivity index (χ1v) is 2.98. The van der Waals surface area contributed by atoms with Crippen molar-refractivity contribution in [3.8, 4) is 0 Å². The van der Waals surface area contributed by atoms with Crippen molar-refractivity contribution in [1.29, 1.82) is 0 Å². The number of carbonyl (C=O) groups excluding carboxylic acids is 1. The van der Waals surface area contributed by atoms with Crippen LogP contribution in [-0.4, -0.2) is 12.4 Å². The summed E-state index contributed by atoms with van der Waals surface area (Å²) in [4.78, 5) is 10.4. The highest BCUT2D eigenvalue weighted by Crippen LogP contribution is 1.93. The van der Waals surface area contributed by atoms with Crippen LogP contribution in [0.5, 0.6) is 0 Å². The number of rotatable bonds is 3. The van der Waals surface area contributed by atoms with E-state index in [1.807, 2.05) is 6.92 Å². The first-order chi connectivity index (χ1) is 4.16. The predicted octanol–water partition coefficient (Wildman–Crippen LogP) is 1.52. The molecule has 0 N–H and O–H groups in total. The summed E-state index contributed by atoms with van der Waals surface area (Å²) in [5.41, 5.74) is 0. The number of allylic oxidation sites excluding steroid dienone is 2. The number of ether oxygens (including phenoxy) is 1. The molecule has 0 rings (SSSR count). The number of carbonyl (C=O) groups is 1. The van der Waals surface area contributed by atoms with E-state index in [-0.39, 0.29) is 5.78 Å². The van der Waals surface area contributed by atoms with E-state index >= 15 is 0 Å². The zero-order valence-electron chi connectivity index (χ0n) is 6.10. The summed E-state index contributed by atoms with van der Waals surface area (Å²) in [6, 6.07) is 0. The topological polar surface area (TPSA) is 26.3 Å². The highest BCUT2D eigenvalue weighted by molar-refractivity contribution is 5.87. The molecular formula is C7H12O2. The zero-order valence-corrected chi connectivity index (χ0v) is 6.10. The molecule has 0 aliphatic rings. The van der Waals surface area contributed by atoms with Crippen LogP contribution in [0.3, 0.4) is 0 Å². The summed E-state index contributed by atoms with van der Waals surface area (Å²) >= 11 is 0. The average Bonchev–Trinajstić information content (AvgIpc) is 1.63. The Balaban J connectivity index is 3.69. The molecule has 0 heterocycles. The van der Waals surface area contributed by atoms with Gasteiger partial charge in [-0.05, 0) is 20.8 Å². The van der Waals surface area contributed by atoms with Crippen LogP contribution < -0.4 is 0 Å². The highest BCUT2D eigenvalue weighted by Gasteiger charge is 1.88. The van der Waals surface area contributed by atoms with Crippen molar-refractivity contribution >= 4 is 5.78 Å². The molecular weight excluding hydrogens is 116 g/mol. The van der Waals surface area contributed by atoms with Crippen LogP contribution >= 0.6 is 0 Å². The lowest BCUT2D eigenvalue weighted by molar-refractivity contribution is -0.112. The minimum atomic E-state index is 0.0287.